The highest BCUT2D eigenvalue weighted by Gasteiger charge is 2.42. The second-order valence-corrected chi connectivity index (χ2v) is 10.9. The summed E-state index contributed by atoms with van der Waals surface area (Å²) in [5, 5.41) is 10.6. The Morgan fingerprint density at radius 1 is 0.947 bits per heavy atom. The lowest BCUT2D eigenvalue weighted by Crippen LogP contribution is -2.53. The Bertz CT molecular complexity index is 1220. The topological polar surface area (TPSA) is 53.0 Å². The quantitative estimate of drug-likeness (QED) is 0.343. The zero-order chi connectivity index (χ0) is 25.8. The largest absolute Gasteiger partial charge is 0.508 e. The second kappa shape index (κ2) is 12.7. The Kier molecular flexibility index (Phi) is 9.61. The zero-order valence-corrected chi connectivity index (χ0v) is 23.5. The number of amides is 1. The highest BCUT2D eigenvalue weighted by molar-refractivity contribution is 6.42. The summed E-state index contributed by atoms with van der Waals surface area (Å²) in [6.07, 6.45) is 2.89. The number of aromatic hydroxyl groups is 1. The highest BCUT2D eigenvalue weighted by atomic mass is 35.5. The number of carbonyl (C=O) groups excluding carboxylic acids is 1. The summed E-state index contributed by atoms with van der Waals surface area (Å²) in [4.78, 5) is 17.2. The molecule has 0 bridgehead atoms. The van der Waals surface area contributed by atoms with Crippen molar-refractivity contribution in [1.82, 2.24) is 9.80 Å². The number of phenols is 1. The number of phenolic OH excluding ortho intramolecular Hbond substituents is 1. The van der Waals surface area contributed by atoms with Gasteiger partial charge in [0.05, 0.1) is 16.6 Å². The summed E-state index contributed by atoms with van der Waals surface area (Å²) in [6, 6.07) is 23.3. The SMILES string of the molecule is Cl.O=C1COC(CCN2CCC(c3ccc(O)cc3)CC2)(c2ccc(Cl)c(Cl)c2)CN1Cc1ccccc1. The predicted molar refractivity (Wildman–Crippen MR) is 154 cm³/mol. The molecule has 2 fully saturated rings. The summed E-state index contributed by atoms with van der Waals surface area (Å²) >= 11 is 12.7. The van der Waals surface area contributed by atoms with Crippen molar-refractivity contribution in [3.63, 3.8) is 0 Å². The molecule has 0 aliphatic carbocycles. The molecule has 1 atom stereocenters. The molecule has 2 saturated heterocycles. The van der Waals surface area contributed by atoms with Crippen molar-refractivity contribution in [2.75, 3.05) is 32.8 Å². The first-order valence-corrected chi connectivity index (χ1v) is 13.6. The molecule has 3 aromatic rings. The van der Waals surface area contributed by atoms with Gasteiger partial charge in [-0.25, -0.2) is 0 Å². The van der Waals surface area contributed by atoms with Crippen molar-refractivity contribution < 1.29 is 14.6 Å². The minimum Gasteiger partial charge on any atom is -0.508 e. The normalized spacial score (nSPS) is 20.8. The van der Waals surface area contributed by atoms with E-state index >= 15 is 0 Å². The van der Waals surface area contributed by atoms with Gasteiger partial charge in [-0.2, -0.15) is 0 Å². The third kappa shape index (κ3) is 6.64. The van der Waals surface area contributed by atoms with Gasteiger partial charge in [0.15, 0.2) is 0 Å². The lowest BCUT2D eigenvalue weighted by molar-refractivity contribution is -0.169. The molecule has 1 amide bonds. The molecule has 2 aliphatic heterocycles. The van der Waals surface area contributed by atoms with E-state index in [1.54, 1.807) is 12.1 Å². The van der Waals surface area contributed by atoms with Crippen LogP contribution in [0.4, 0.5) is 0 Å². The molecule has 2 aliphatic rings. The first-order chi connectivity index (χ1) is 17.9. The number of hydrogen-bond acceptors (Lipinski definition) is 4. The van der Waals surface area contributed by atoms with Crippen molar-refractivity contribution >= 4 is 41.5 Å². The van der Waals surface area contributed by atoms with Crippen LogP contribution in [0.5, 0.6) is 5.75 Å². The number of morpholine rings is 1. The molecule has 0 spiro atoms. The molecule has 0 saturated carbocycles. The van der Waals surface area contributed by atoms with Crippen LogP contribution in [0.25, 0.3) is 0 Å². The Morgan fingerprint density at radius 3 is 2.34 bits per heavy atom. The molecular formula is C30H33Cl3N2O3. The van der Waals surface area contributed by atoms with Crippen molar-refractivity contribution in [3.05, 3.63) is 99.5 Å². The molecule has 202 valence electrons. The second-order valence-electron chi connectivity index (χ2n) is 10.1. The van der Waals surface area contributed by atoms with E-state index in [4.69, 9.17) is 27.9 Å². The summed E-state index contributed by atoms with van der Waals surface area (Å²) in [5.41, 5.74) is 2.67. The molecule has 0 aromatic heterocycles. The molecule has 1 N–H and O–H groups in total. The van der Waals surface area contributed by atoms with Crippen molar-refractivity contribution in [2.45, 2.75) is 37.3 Å². The average molecular weight is 576 g/mol. The van der Waals surface area contributed by atoms with Crippen molar-refractivity contribution in [3.8, 4) is 5.75 Å². The van der Waals surface area contributed by atoms with Gasteiger partial charge < -0.3 is 19.6 Å². The molecule has 3 aromatic carbocycles. The number of likely N-dealkylation sites (tertiary alicyclic amines) is 1. The fourth-order valence-electron chi connectivity index (χ4n) is 5.51. The van der Waals surface area contributed by atoms with E-state index in [1.165, 1.54) is 5.56 Å². The van der Waals surface area contributed by atoms with Gasteiger partial charge in [-0.3, -0.25) is 4.79 Å². The molecule has 5 nitrogen and oxygen atoms in total. The molecular weight excluding hydrogens is 543 g/mol. The number of benzene rings is 3. The van der Waals surface area contributed by atoms with Crippen molar-refractivity contribution in [2.24, 2.45) is 0 Å². The molecule has 0 radical (unpaired) electrons. The minimum atomic E-state index is -0.662. The highest BCUT2D eigenvalue weighted by Crippen LogP contribution is 2.38. The number of ether oxygens (including phenoxy) is 1. The number of halogens is 3. The Labute approximate surface area is 240 Å². The van der Waals surface area contributed by atoms with E-state index < -0.39 is 5.60 Å². The van der Waals surface area contributed by atoms with Gasteiger partial charge in [-0.15, -0.1) is 12.4 Å². The van der Waals surface area contributed by atoms with Gasteiger partial charge in [0.1, 0.15) is 18.0 Å². The predicted octanol–water partition coefficient (Wildman–Crippen LogP) is 6.64. The zero-order valence-electron chi connectivity index (χ0n) is 21.2. The van der Waals surface area contributed by atoms with Crippen LogP contribution in [-0.2, 0) is 21.7 Å². The van der Waals surface area contributed by atoms with Crippen LogP contribution in [0.2, 0.25) is 10.0 Å². The van der Waals surface area contributed by atoms with E-state index in [0.29, 0.717) is 34.8 Å². The first kappa shape index (κ1) is 28.7. The van der Waals surface area contributed by atoms with E-state index in [9.17, 15) is 9.90 Å². The van der Waals surface area contributed by atoms with Gasteiger partial charge in [0, 0.05) is 13.1 Å². The fraction of sp³-hybridized carbons (Fsp3) is 0.367. The van der Waals surface area contributed by atoms with Gasteiger partial charge in [0.2, 0.25) is 5.91 Å². The van der Waals surface area contributed by atoms with E-state index in [2.05, 4.69) is 4.90 Å². The van der Waals surface area contributed by atoms with Crippen LogP contribution in [0.1, 0.15) is 41.9 Å². The van der Waals surface area contributed by atoms with Crippen molar-refractivity contribution in [1.29, 1.82) is 0 Å². The molecule has 1 unspecified atom stereocenters. The number of hydrogen-bond donors (Lipinski definition) is 1. The molecule has 2 heterocycles. The maximum absolute atomic E-state index is 12.9. The molecule has 38 heavy (non-hydrogen) atoms. The van der Waals surface area contributed by atoms with Gasteiger partial charge in [0.25, 0.3) is 0 Å². The third-order valence-electron chi connectivity index (χ3n) is 7.72. The summed E-state index contributed by atoms with van der Waals surface area (Å²) in [5.74, 6) is 0.807. The number of carbonyl (C=O) groups is 1. The van der Waals surface area contributed by atoms with Crippen LogP contribution < -0.4 is 0 Å². The van der Waals surface area contributed by atoms with Crippen LogP contribution in [0, 0.1) is 0 Å². The first-order valence-electron chi connectivity index (χ1n) is 12.8. The number of nitrogens with zero attached hydrogens (tertiary/aromatic N) is 2. The lowest BCUT2D eigenvalue weighted by atomic mass is 9.86. The lowest BCUT2D eigenvalue weighted by Gasteiger charge is -2.44. The van der Waals surface area contributed by atoms with Gasteiger partial charge in [-0.1, -0.05) is 71.7 Å². The summed E-state index contributed by atoms with van der Waals surface area (Å²) < 4.78 is 6.38. The Balaban J connectivity index is 0.00000336. The fourth-order valence-corrected chi connectivity index (χ4v) is 5.80. The van der Waals surface area contributed by atoms with E-state index in [0.717, 1.165) is 50.0 Å². The summed E-state index contributed by atoms with van der Waals surface area (Å²) in [7, 11) is 0. The standard InChI is InChI=1S/C30H32Cl2N2O3.ClH/c31-27-11-8-25(18-28(27)32)30(21-34(29(36)20-37-30)19-22-4-2-1-3-5-22)14-17-33-15-12-24(13-16-33)23-6-9-26(35)10-7-23;/h1-11,18,24,35H,12-17,19-21H2;1H. The van der Waals surface area contributed by atoms with Gasteiger partial charge >= 0.3 is 0 Å². The average Bonchev–Trinajstić information content (AvgIpc) is 2.92. The third-order valence-corrected chi connectivity index (χ3v) is 8.46. The van der Waals surface area contributed by atoms with Crippen LogP contribution in [-0.4, -0.2) is 53.6 Å². The van der Waals surface area contributed by atoms with E-state index in [-0.39, 0.29) is 24.9 Å². The smallest absolute Gasteiger partial charge is 0.249 e. The molecule has 8 heteroatoms. The van der Waals surface area contributed by atoms with Crippen LogP contribution >= 0.6 is 35.6 Å². The van der Waals surface area contributed by atoms with Crippen LogP contribution in [0.3, 0.4) is 0 Å². The molecule has 5 rings (SSSR count). The summed E-state index contributed by atoms with van der Waals surface area (Å²) in [6.45, 7) is 3.89. The maximum Gasteiger partial charge on any atom is 0.249 e. The number of rotatable bonds is 7. The Morgan fingerprint density at radius 2 is 1.66 bits per heavy atom. The Hall–Kier alpha value is -2.28. The monoisotopic (exact) mass is 574 g/mol. The van der Waals surface area contributed by atoms with Crippen LogP contribution in [0.15, 0.2) is 72.8 Å². The maximum atomic E-state index is 12.9. The van der Waals surface area contributed by atoms with E-state index in [1.807, 2.05) is 65.6 Å². The number of piperidine rings is 1. The van der Waals surface area contributed by atoms with Gasteiger partial charge in [-0.05, 0) is 79.2 Å². The minimum absolute atomic E-state index is 0.